The van der Waals surface area contributed by atoms with Crippen LogP contribution in [0.5, 0.6) is 0 Å². The van der Waals surface area contributed by atoms with E-state index in [2.05, 4.69) is 22.3 Å². The van der Waals surface area contributed by atoms with Crippen molar-refractivity contribution >= 4 is 5.91 Å². The largest absolute Gasteiger partial charge is 0.334 e. The number of carbonyl (C=O) groups excluding carboxylic acids is 1. The maximum absolute atomic E-state index is 12.1. The van der Waals surface area contributed by atoms with E-state index in [4.69, 9.17) is 5.73 Å². The molecule has 2 rings (SSSR count). The average Bonchev–Trinajstić information content (AvgIpc) is 2.82. The molecule has 3 N–H and O–H groups in total. The zero-order chi connectivity index (χ0) is 11.5. The van der Waals surface area contributed by atoms with Gasteiger partial charge in [0.2, 0.25) is 0 Å². The van der Waals surface area contributed by atoms with Crippen LogP contribution in [-0.4, -0.2) is 45.3 Å². The van der Waals surface area contributed by atoms with Crippen LogP contribution < -0.4 is 5.73 Å². The summed E-state index contributed by atoms with van der Waals surface area (Å²) in [4.78, 5) is 13.9. The van der Waals surface area contributed by atoms with E-state index in [-0.39, 0.29) is 11.9 Å². The van der Waals surface area contributed by atoms with Crippen molar-refractivity contribution in [2.75, 3.05) is 13.1 Å². The molecule has 1 aromatic heterocycles. The standard InChI is InChI=1S/C10H17N5O/c1-7-2-3-8(4-11)6-15(7)10(16)9-5-12-14-13-9/h5,7-8H,2-4,6,11H2,1H3,(H,12,13,14). The van der Waals surface area contributed by atoms with Gasteiger partial charge in [-0.3, -0.25) is 4.79 Å². The van der Waals surface area contributed by atoms with Crippen LogP contribution in [0.15, 0.2) is 6.20 Å². The van der Waals surface area contributed by atoms with Gasteiger partial charge < -0.3 is 10.6 Å². The van der Waals surface area contributed by atoms with Crippen molar-refractivity contribution in [3.8, 4) is 0 Å². The maximum Gasteiger partial charge on any atom is 0.276 e. The number of carbonyl (C=O) groups is 1. The summed E-state index contributed by atoms with van der Waals surface area (Å²) in [7, 11) is 0. The fraction of sp³-hybridized carbons (Fsp3) is 0.700. The van der Waals surface area contributed by atoms with Crippen LogP contribution in [0.25, 0.3) is 0 Å². The van der Waals surface area contributed by atoms with Crippen LogP contribution in [-0.2, 0) is 0 Å². The normalized spacial score (nSPS) is 25.8. The molecule has 0 aromatic carbocycles. The van der Waals surface area contributed by atoms with Gasteiger partial charge in [-0.05, 0) is 32.2 Å². The molecule has 1 aliphatic heterocycles. The van der Waals surface area contributed by atoms with E-state index in [9.17, 15) is 4.79 Å². The zero-order valence-corrected chi connectivity index (χ0v) is 9.39. The summed E-state index contributed by atoms with van der Waals surface area (Å²) in [5.41, 5.74) is 6.04. The molecular weight excluding hydrogens is 206 g/mol. The van der Waals surface area contributed by atoms with Crippen molar-refractivity contribution in [3.63, 3.8) is 0 Å². The summed E-state index contributed by atoms with van der Waals surface area (Å²) in [6.45, 7) is 3.42. The average molecular weight is 223 g/mol. The molecular formula is C10H17N5O. The van der Waals surface area contributed by atoms with Gasteiger partial charge in [-0.2, -0.15) is 15.4 Å². The first kappa shape index (κ1) is 11.1. The Hall–Kier alpha value is -1.43. The highest BCUT2D eigenvalue weighted by atomic mass is 16.2. The summed E-state index contributed by atoms with van der Waals surface area (Å²) in [5, 5.41) is 9.93. The van der Waals surface area contributed by atoms with Gasteiger partial charge in [0.05, 0.1) is 6.20 Å². The molecule has 2 unspecified atom stereocenters. The van der Waals surface area contributed by atoms with Crippen LogP contribution in [0.3, 0.4) is 0 Å². The quantitative estimate of drug-likeness (QED) is 0.739. The molecule has 0 saturated carbocycles. The lowest BCUT2D eigenvalue weighted by Crippen LogP contribution is -2.47. The number of piperidine rings is 1. The molecule has 2 atom stereocenters. The third-order valence-corrected chi connectivity index (χ3v) is 3.21. The van der Waals surface area contributed by atoms with Crippen LogP contribution in [0.4, 0.5) is 0 Å². The first-order valence-electron chi connectivity index (χ1n) is 5.59. The molecule has 0 spiro atoms. The minimum atomic E-state index is -0.0561. The molecule has 1 saturated heterocycles. The first-order chi connectivity index (χ1) is 7.72. The molecule has 0 radical (unpaired) electrons. The van der Waals surface area contributed by atoms with Crippen molar-refractivity contribution in [2.45, 2.75) is 25.8 Å². The summed E-state index contributed by atoms with van der Waals surface area (Å²) in [6.07, 6.45) is 3.56. The zero-order valence-electron chi connectivity index (χ0n) is 9.39. The summed E-state index contributed by atoms with van der Waals surface area (Å²) in [5.74, 6) is 0.353. The minimum Gasteiger partial charge on any atom is -0.334 e. The number of hydrogen-bond acceptors (Lipinski definition) is 4. The summed E-state index contributed by atoms with van der Waals surface area (Å²) < 4.78 is 0. The Morgan fingerprint density at radius 2 is 2.50 bits per heavy atom. The molecule has 88 valence electrons. The van der Waals surface area contributed by atoms with Gasteiger partial charge in [-0.1, -0.05) is 0 Å². The van der Waals surface area contributed by atoms with Gasteiger partial charge in [-0.25, -0.2) is 0 Å². The number of nitrogens with two attached hydrogens (primary N) is 1. The molecule has 1 amide bonds. The van der Waals surface area contributed by atoms with E-state index in [1.165, 1.54) is 6.20 Å². The highest BCUT2D eigenvalue weighted by Gasteiger charge is 2.29. The molecule has 0 aliphatic carbocycles. The predicted molar refractivity (Wildman–Crippen MR) is 58.7 cm³/mol. The van der Waals surface area contributed by atoms with Crippen molar-refractivity contribution in [2.24, 2.45) is 11.7 Å². The van der Waals surface area contributed by atoms with E-state index < -0.39 is 0 Å². The van der Waals surface area contributed by atoms with E-state index in [1.807, 2.05) is 4.90 Å². The van der Waals surface area contributed by atoms with Crippen LogP contribution in [0, 0.1) is 5.92 Å². The molecule has 0 bridgehead atoms. The number of hydrogen-bond donors (Lipinski definition) is 2. The number of likely N-dealkylation sites (tertiary alicyclic amines) is 1. The molecule has 16 heavy (non-hydrogen) atoms. The van der Waals surface area contributed by atoms with Gasteiger partial charge in [0.1, 0.15) is 0 Å². The van der Waals surface area contributed by atoms with Gasteiger partial charge >= 0.3 is 0 Å². The number of nitrogens with zero attached hydrogens (tertiary/aromatic N) is 3. The van der Waals surface area contributed by atoms with Crippen LogP contribution in [0.1, 0.15) is 30.3 Å². The lowest BCUT2D eigenvalue weighted by molar-refractivity contribution is 0.0561. The number of rotatable bonds is 2. The van der Waals surface area contributed by atoms with E-state index in [1.54, 1.807) is 0 Å². The Balaban J connectivity index is 2.09. The van der Waals surface area contributed by atoms with Gasteiger partial charge in [-0.15, -0.1) is 0 Å². The highest BCUT2D eigenvalue weighted by Crippen LogP contribution is 2.22. The molecule has 1 aliphatic rings. The second kappa shape index (κ2) is 4.61. The Kier molecular flexibility index (Phi) is 3.19. The van der Waals surface area contributed by atoms with Crippen molar-refractivity contribution in [1.29, 1.82) is 0 Å². The Labute approximate surface area is 94.2 Å². The lowest BCUT2D eigenvalue weighted by atomic mass is 9.93. The van der Waals surface area contributed by atoms with E-state index in [0.29, 0.717) is 18.2 Å². The van der Waals surface area contributed by atoms with Gasteiger partial charge in [0.15, 0.2) is 5.69 Å². The summed E-state index contributed by atoms with van der Waals surface area (Å²) >= 11 is 0. The first-order valence-corrected chi connectivity index (χ1v) is 5.59. The molecule has 1 fully saturated rings. The number of amides is 1. The van der Waals surface area contributed by atoms with Gasteiger partial charge in [0, 0.05) is 12.6 Å². The number of aromatic amines is 1. The molecule has 2 heterocycles. The third-order valence-electron chi connectivity index (χ3n) is 3.21. The van der Waals surface area contributed by atoms with Crippen molar-refractivity contribution in [3.05, 3.63) is 11.9 Å². The SMILES string of the molecule is CC1CCC(CN)CN1C(=O)c1cn[nH]n1. The molecule has 6 nitrogen and oxygen atoms in total. The minimum absolute atomic E-state index is 0.0561. The fourth-order valence-electron chi connectivity index (χ4n) is 2.11. The Morgan fingerprint density at radius 3 is 3.12 bits per heavy atom. The van der Waals surface area contributed by atoms with E-state index in [0.717, 1.165) is 19.4 Å². The summed E-state index contributed by atoms with van der Waals surface area (Å²) in [6, 6.07) is 0.256. The van der Waals surface area contributed by atoms with E-state index >= 15 is 0 Å². The Bertz CT molecular complexity index is 350. The molecule has 6 heteroatoms. The van der Waals surface area contributed by atoms with Crippen molar-refractivity contribution < 1.29 is 4.79 Å². The fourth-order valence-corrected chi connectivity index (χ4v) is 2.11. The predicted octanol–water partition coefficient (Wildman–Crippen LogP) is 0.00410. The highest BCUT2D eigenvalue weighted by molar-refractivity contribution is 5.92. The monoisotopic (exact) mass is 223 g/mol. The number of aromatic nitrogens is 3. The second-order valence-corrected chi connectivity index (χ2v) is 4.34. The Morgan fingerprint density at radius 1 is 1.69 bits per heavy atom. The van der Waals surface area contributed by atoms with Crippen LogP contribution in [0.2, 0.25) is 0 Å². The van der Waals surface area contributed by atoms with Gasteiger partial charge in [0.25, 0.3) is 5.91 Å². The topological polar surface area (TPSA) is 87.9 Å². The third kappa shape index (κ3) is 2.06. The maximum atomic E-state index is 12.1. The smallest absolute Gasteiger partial charge is 0.276 e. The number of nitrogens with one attached hydrogen (secondary N) is 1. The van der Waals surface area contributed by atoms with Crippen molar-refractivity contribution in [1.82, 2.24) is 20.3 Å². The van der Waals surface area contributed by atoms with Crippen LogP contribution >= 0.6 is 0 Å². The molecule has 1 aromatic rings. The number of H-pyrrole nitrogens is 1. The second-order valence-electron chi connectivity index (χ2n) is 4.34. The lowest BCUT2D eigenvalue weighted by Gasteiger charge is -2.37.